The Hall–Kier alpha value is -3.72. The highest BCUT2D eigenvalue weighted by Crippen LogP contribution is 2.30. The van der Waals surface area contributed by atoms with Crippen LogP contribution in [0.15, 0.2) is 53.3 Å². The predicted octanol–water partition coefficient (Wildman–Crippen LogP) is 1.88. The number of hydrogen-bond donors (Lipinski definition) is 2. The lowest BCUT2D eigenvalue weighted by Gasteiger charge is -2.18. The van der Waals surface area contributed by atoms with Crippen LogP contribution in [0.25, 0.3) is 10.8 Å². The van der Waals surface area contributed by atoms with E-state index in [2.05, 4.69) is 16.0 Å². The molecule has 0 spiro atoms. The Morgan fingerprint density at radius 1 is 1.06 bits per heavy atom. The third kappa shape index (κ3) is 3.94. The molecule has 3 amide bonds. The maximum Gasteiger partial charge on any atom is 0.290 e. The Labute approximate surface area is 187 Å². The van der Waals surface area contributed by atoms with Crippen molar-refractivity contribution in [2.24, 2.45) is 5.92 Å². The molecule has 164 valence electrons. The van der Waals surface area contributed by atoms with E-state index in [4.69, 9.17) is 11.6 Å². The van der Waals surface area contributed by atoms with Crippen molar-refractivity contribution >= 4 is 45.8 Å². The summed E-state index contributed by atoms with van der Waals surface area (Å²) in [5.74, 6) is -2.06. The summed E-state index contributed by atoms with van der Waals surface area (Å²) in [7, 11) is 0. The van der Waals surface area contributed by atoms with E-state index in [0.29, 0.717) is 28.0 Å². The van der Waals surface area contributed by atoms with Crippen molar-refractivity contribution in [1.82, 2.24) is 20.6 Å². The quantitative estimate of drug-likeness (QED) is 0.585. The molecule has 1 saturated heterocycles. The molecule has 9 nitrogen and oxygen atoms in total. The van der Waals surface area contributed by atoms with E-state index in [1.807, 2.05) is 0 Å². The second kappa shape index (κ2) is 8.80. The number of aryl methyl sites for hydroxylation is 1. The van der Waals surface area contributed by atoms with Gasteiger partial charge in [-0.25, -0.2) is 4.68 Å². The number of fused-ring (bicyclic) bond motifs is 1. The molecule has 10 heteroatoms. The van der Waals surface area contributed by atoms with Crippen molar-refractivity contribution < 1.29 is 14.4 Å². The molecule has 0 aliphatic carbocycles. The molecular formula is C22H20ClN5O4. The minimum atomic E-state index is -0.663. The second-order valence-corrected chi connectivity index (χ2v) is 7.72. The fourth-order valence-corrected chi connectivity index (χ4v) is 3.92. The van der Waals surface area contributed by atoms with Gasteiger partial charge in [0.15, 0.2) is 5.69 Å². The first-order valence-electron chi connectivity index (χ1n) is 10.1. The van der Waals surface area contributed by atoms with Gasteiger partial charge < -0.3 is 4.90 Å². The molecule has 0 radical (unpaired) electrons. The summed E-state index contributed by atoms with van der Waals surface area (Å²) >= 11 is 6.17. The van der Waals surface area contributed by atoms with Crippen LogP contribution in [0.5, 0.6) is 0 Å². The summed E-state index contributed by atoms with van der Waals surface area (Å²) in [4.78, 5) is 51.7. The van der Waals surface area contributed by atoms with Crippen LogP contribution in [0.3, 0.4) is 0 Å². The van der Waals surface area contributed by atoms with Gasteiger partial charge in [0.1, 0.15) is 0 Å². The molecule has 1 aromatic heterocycles. The van der Waals surface area contributed by atoms with E-state index in [1.165, 1.54) is 9.58 Å². The third-order valence-corrected chi connectivity index (χ3v) is 5.64. The zero-order valence-corrected chi connectivity index (χ0v) is 17.9. The maximum atomic E-state index is 12.8. The first-order chi connectivity index (χ1) is 15.4. The molecule has 32 heavy (non-hydrogen) atoms. The minimum Gasteiger partial charge on any atom is -0.310 e. The third-order valence-electron chi connectivity index (χ3n) is 5.32. The van der Waals surface area contributed by atoms with E-state index in [9.17, 15) is 19.2 Å². The highest BCUT2D eigenvalue weighted by atomic mass is 35.5. The van der Waals surface area contributed by atoms with Gasteiger partial charge in [-0.2, -0.15) is 5.10 Å². The van der Waals surface area contributed by atoms with Crippen LogP contribution in [0.1, 0.15) is 23.8 Å². The molecule has 1 atom stereocenters. The van der Waals surface area contributed by atoms with E-state index < -0.39 is 17.7 Å². The van der Waals surface area contributed by atoms with Crippen molar-refractivity contribution in [1.29, 1.82) is 0 Å². The first kappa shape index (κ1) is 21.5. The normalized spacial score (nSPS) is 15.8. The van der Waals surface area contributed by atoms with Crippen LogP contribution >= 0.6 is 11.6 Å². The van der Waals surface area contributed by atoms with Gasteiger partial charge in [0.25, 0.3) is 11.5 Å². The molecule has 0 saturated carbocycles. The van der Waals surface area contributed by atoms with Gasteiger partial charge in [-0.15, -0.1) is 0 Å². The summed E-state index contributed by atoms with van der Waals surface area (Å²) < 4.78 is 1.19. The molecule has 2 aromatic carbocycles. The van der Waals surface area contributed by atoms with E-state index in [0.717, 1.165) is 0 Å². The fourth-order valence-electron chi connectivity index (χ4n) is 3.68. The van der Waals surface area contributed by atoms with E-state index in [1.54, 1.807) is 55.5 Å². The number of nitrogens with zero attached hydrogens (tertiary/aromatic N) is 3. The lowest BCUT2D eigenvalue weighted by Crippen LogP contribution is -2.46. The van der Waals surface area contributed by atoms with Gasteiger partial charge in [0, 0.05) is 24.9 Å². The predicted molar refractivity (Wildman–Crippen MR) is 119 cm³/mol. The van der Waals surface area contributed by atoms with Gasteiger partial charge in [-0.05, 0) is 25.1 Å². The number of hydrazine groups is 1. The lowest BCUT2D eigenvalue weighted by molar-refractivity contribution is -0.126. The average Bonchev–Trinajstić information content (AvgIpc) is 3.19. The fraction of sp³-hybridized carbons (Fsp3) is 0.227. The second-order valence-electron chi connectivity index (χ2n) is 7.32. The molecule has 3 aromatic rings. The highest BCUT2D eigenvalue weighted by Gasteiger charge is 2.36. The number of amides is 3. The number of para-hydroxylation sites is 1. The molecule has 0 bridgehead atoms. The number of carbonyl (C=O) groups is 3. The van der Waals surface area contributed by atoms with Gasteiger partial charge >= 0.3 is 0 Å². The summed E-state index contributed by atoms with van der Waals surface area (Å²) in [5, 5.41) is 5.29. The van der Waals surface area contributed by atoms with Crippen LogP contribution in [0.4, 0.5) is 5.69 Å². The smallest absolute Gasteiger partial charge is 0.290 e. The zero-order chi connectivity index (χ0) is 22.8. The molecule has 1 aliphatic rings. The monoisotopic (exact) mass is 453 g/mol. The number of rotatable bonds is 4. The van der Waals surface area contributed by atoms with Crippen molar-refractivity contribution in [3.8, 4) is 0 Å². The number of benzene rings is 2. The number of carbonyl (C=O) groups excluding carboxylic acids is 3. The summed E-state index contributed by atoms with van der Waals surface area (Å²) in [6.07, 6.45) is -0.00514. The minimum absolute atomic E-state index is 0.00514. The SMILES string of the molecule is CCn1nc(C(=O)NNC(=O)C2CC(=O)N(c3ccccc3Cl)C2)c2ccccc2c1=O. The zero-order valence-electron chi connectivity index (χ0n) is 17.2. The Kier molecular flexibility index (Phi) is 5.91. The molecule has 2 heterocycles. The van der Waals surface area contributed by atoms with Gasteiger partial charge in [0.2, 0.25) is 11.8 Å². The van der Waals surface area contributed by atoms with Crippen LogP contribution in [-0.2, 0) is 16.1 Å². The van der Waals surface area contributed by atoms with Crippen molar-refractivity contribution in [2.75, 3.05) is 11.4 Å². The topological polar surface area (TPSA) is 113 Å². The van der Waals surface area contributed by atoms with Gasteiger partial charge in [-0.3, -0.25) is 30.0 Å². The summed E-state index contributed by atoms with van der Waals surface area (Å²) in [5.41, 5.74) is 4.97. The van der Waals surface area contributed by atoms with Crippen molar-refractivity contribution in [3.05, 3.63) is 69.6 Å². The highest BCUT2D eigenvalue weighted by molar-refractivity contribution is 6.33. The molecule has 1 aliphatic heterocycles. The number of nitrogens with one attached hydrogen (secondary N) is 2. The number of halogens is 1. The number of hydrogen-bond acceptors (Lipinski definition) is 5. The van der Waals surface area contributed by atoms with Crippen molar-refractivity contribution in [3.63, 3.8) is 0 Å². The first-order valence-corrected chi connectivity index (χ1v) is 10.4. The Morgan fingerprint density at radius 2 is 1.75 bits per heavy atom. The van der Waals surface area contributed by atoms with Gasteiger partial charge in [0.05, 0.1) is 22.0 Å². The largest absolute Gasteiger partial charge is 0.310 e. The Bertz CT molecular complexity index is 1290. The molecule has 1 fully saturated rings. The standard InChI is InChI=1S/C22H20ClN5O4/c1-2-28-22(32)15-8-4-3-7-14(15)19(26-28)21(31)25-24-20(30)13-11-18(29)27(12-13)17-10-6-5-9-16(17)23/h3-10,13H,2,11-12H2,1H3,(H,24,30)(H,25,31). The Balaban J connectivity index is 1.48. The van der Waals surface area contributed by atoms with Crippen LogP contribution in [0.2, 0.25) is 5.02 Å². The summed E-state index contributed by atoms with van der Waals surface area (Å²) in [6, 6.07) is 13.5. The molecule has 2 N–H and O–H groups in total. The van der Waals surface area contributed by atoms with Crippen LogP contribution < -0.4 is 21.3 Å². The number of aromatic nitrogens is 2. The van der Waals surface area contributed by atoms with Gasteiger partial charge in [-0.1, -0.05) is 41.9 Å². The maximum absolute atomic E-state index is 12.8. The lowest BCUT2D eigenvalue weighted by atomic mass is 10.1. The molecule has 4 rings (SSSR count). The number of anilines is 1. The van der Waals surface area contributed by atoms with Crippen LogP contribution in [0, 0.1) is 5.92 Å². The average molecular weight is 454 g/mol. The van der Waals surface area contributed by atoms with Crippen molar-refractivity contribution in [2.45, 2.75) is 19.9 Å². The Morgan fingerprint density at radius 3 is 2.47 bits per heavy atom. The molecule has 1 unspecified atom stereocenters. The molecular weight excluding hydrogens is 434 g/mol. The van der Waals surface area contributed by atoms with E-state index >= 15 is 0 Å². The van der Waals surface area contributed by atoms with E-state index in [-0.39, 0.29) is 30.1 Å². The summed E-state index contributed by atoms with van der Waals surface area (Å²) in [6.45, 7) is 2.18. The van der Waals surface area contributed by atoms with Crippen LogP contribution in [-0.4, -0.2) is 34.0 Å².